The molecular weight excluding hydrogens is 268 g/mol. The molecule has 0 radical (unpaired) electrons. The van der Waals surface area contributed by atoms with Crippen LogP contribution < -0.4 is 0 Å². The van der Waals surface area contributed by atoms with Gasteiger partial charge in [0.25, 0.3) is 0 Å². The molecule has 132 valence electrons. The summed E-state index contributed by atoms with van der Waals surface area (Å²) in [4.78, 5) is 9.45. The van der Waals surface area contributed by atoms with E-state index in [1.807, 2.05) is 27.7 Å². The molecular formula is C20H42N2. The molecule has 1 aliphatic rings. The highest BCUT2D eigenvalue weighted by Crippen LogP contribution is 2.20. The first kappa shape index (κ1) is 28.9. The van der Waals surface area contributed by atoms with Crippen molar-refractivity contribution in [2.45, 2.75) is 96.9 Å². The number of aliphatic imine (C=N–C) groups is 2. The SMILES string of the molecule is C.C.CC.CC.CCC1=N/C(C)=C(/C)C(CC)=NC(C)=C1C. The topological polar surface area (TPSA) is 24.7 Å². The molecule has 0 aromatic carbocycles. The average Bonchev–Trinajstić information content (AvgIpc) is 2.51. The fraction of sp³-hybridized carbons (Fsp3) is 0.700. The Hall–Kier alpha value is -1.18. The predicted octanol–water partition coefficient (Wildman–Crippen LogP) is 7.61. The largest absolute Gasteiger partial charge is 0.258 e. The van der Waals surface area contributed by atoms with Crippen LogP contribution in [0.5, 0.6) is 0 Å². The van der Waals surface area contributed by atoms with Gasteiger partial charge in [-0.25, -0.2) is 0 Å². The molecule has 2 heteroatoms. The molecule has 0 bridgehead atoms. The van der Waals surface area contributed by atoms with E-state index in [1.54, 1.807) is 0 Å². The smallest absolute Gasteiger partial charge is 0.0451 e. The van der Waals surface area contributed by atoms with Gasteiger partial charge in [-0.15, -0.1) is 0 Å². The Kier molecular flexibility index (Phi) is 21.3. The van der Waals surface area contributed by atoms with Crippen LogP contribution in [-0.2, 0) is 0 Å². The Labute approximate surface area is 141 Å². The van der Waals surface area contributed by atoms with Crippen molar-refractivity contribution in [3.8, 4) is 0 Å². The van der Waals surface area contributed by atoms with E-state index in [0.717, 1.165) is 35.7 Å². The van der Waals surface area contributed by atoms with E-state index < -0.39 is 0 Å². The van der Waals surface area contributed by atoms with E-state index in [0.29, 0.717) is 0 Å². The van der Waals surface area contributed by atoms with Gasteiger partial charge in [0.2, 0.25) is 0 Å². The molecule has 0 N–H and O–H groups in total. The first-order chi connectivity index (χ1) is 9.51. The van der Waals surface area contributed by atoms with Crippen LogP contribution in [0.4, 0.5) is 0 Å². The lowest BCUT2D eigenvalue weighted by atomic mass is 10.0. The van der Waals surface area contributed by atoms with Crippen LogP contribution in [0.15, 0.2) is 32.5 Å². The average molecular weight is 311 g/mol. The molecule has 2 nitrogen and oxygen atoms in total. The summed E-state index contributed by atoms with van der Waals surface area (Å²) in [5.74, 6) is 0. The summed E-state index contributed by atoms with van der Waals surface area (Å²) in [6, 6.07) is 0. The lowest BCUT2D eigenvalue weighted by molar-refractivity contribution is 1.11. The summed E-state index contributed by atoms with van der Waals surface area (Å²) in [6.07, 6.45) is 1.93. The van der Waals surface area contributed by atoms with Crippen LogP contribution in [0.2, 0.25) is 0 Å². The molecule has 0 amide bonds. The molecule has 0 saturated heterocycles. The maximum absolute atomic E-state index is 4.72. The molecule has 0 saturated carbocycles. The fourth-order valence-electron chi connectivity index (χ4n) is 1.85. The predicted molar refractivity (Wildman–Crippen MR) is 108 cm³/mol. The van der Waals surface area contributed by atoms with Crippen molar-refractivity contribution in [3.05, 3.63) is 22.5 Å². The van der Waals surface area contributed by atoms with E-state index >= 15 is 0 Å². The zero-order chi connectivity index (χ0) is 16.3. The van der Waals surface area contributed by atoms with Gasteiger partial charge >= 0.3 is 0 Å². The van der Waals surface area contributed by atoms with Crippen molar-refractivity contribution in [1.29, 1.82) is 0 Å². The first-order valence-corrected chi connectivity index (χ1v) is 8.02. The number of hydrogen-bond donors (Lipinski definition) is 0. The normalized spacial score (nSPS) is 17.0. The van der Waals surface area contributed by atoms with Crippen molar-refractivity contribution < 1.29 is 0 Å². The second kappa shape index (κ2) is 16.2. The second-order valence-electron chi connectivity index (χ2n) is 4.24. The first-order valence-electron chi connectivity index (χ1n) is 8.02. The molecule has 0 fully saturated rings. The molecule has 22 heavy (non-hydrogen) atoms. The Bertz CT molecular complexity index is 367. The third kappa shape index (κ3) is 8.31. The quantitative estimate of drug-likeness (QED) is 0.501. The van der Waals surface area contributed by atoms with Gasteiger partial charge in [-0.05, 0) is 51.7 Å². The van der Waals surface area contributed by atoms with E-state index in [-0.39, 0.29) is 14.9 Å². The minimum Gasteiger partial charge on any atom is -0.258 e. The van der Waals surface area contributed by atoms with Gasteiger partial charge in [-0.2, -0.15) is 0 Å². The van der Waals surface area contributed by atoms with Gasteiger partial charge in [0, 0.05) is 22.8 Å². The van der Waals surface area contributed by atoms with Crippen LogP contribution in [0, 0.1) is 0 Å². The summed E-state index contributed by atoms with van der Waals surface area (Å²) in [6.45, 7) is 20.7. The Balaban J connectivity index is -0.000000249. The number of allylic oxidation sites excluding steroid dienone is 4. The molecule has 0 spiro atoms. The Morgan fingerprint density at radius 1 is 0.591 bits per heavy atom. The molecule has 0 unspecified atom stereocenters. The maximum Gasteiger partial charge on any atom is 0.0451 e. The molecule has 1 heterocycles. The highest BCUT2D eigenvalue weighted by atomic mass is 14.8. The highest BCUT2D eigenvalue weighted by Gasteiger charge is 2.11. The molecule has 0 aromatic rings. The monoisotopic (exact) mass is 310 g/mol. The Morgan fingerprint density at radius 2 is 0.818 bits per heavy atom. The summed E-state index contributed by atoms with van der Waals surface area (Å²) < 4.78 is 0. The standard InChI is InChI=1S/C14H22N2.2C2H6.2CH4/c1-7-13-9(3)11(5)16-14(8-2)10(4)12(6)15-13;2*1-2;;/h7-8H2,1-6H3;2*1-2H3;2*1H4/b11-9-,12-10?,13-9?,14-10?,15-12?,15-13?,16-11?,16-14?;;;;. The molecule has 0 atom stereocenters. The van der Waals surface area contributed by atoms with Crippen LogP contribution in [-0.4, -0.2) is 11.4 Å². The van der Waals surface area contributed by atoms with Gasteiger partial charge in [-0.3, -0.25) is 9.98 Å². The summed E-state index contributed by atoms with van der Waals surface area (Å²) >= 11 is 0. The van der Waals surface area contributed by atoms with Crippen molar-refractivity contribution in [2.75, 3.05) is 0 Å². The molecule has 1 rings (SSSR count). The fourth-order valence-corrected chi connectivity index (χ4v) is 1.85. The van der Waals surface area contributed by atoms with Crippen molar-refractivity contribution >= 4 is 11.4 Å². The van der Waals surface area contributed by atoms with Crippen molar-refractivity contribution in [1.82, 2.24) is 0 Å². The van der Waals surface area contributed by atoms with Crippen LogP contribution in [0.3, 0.4) is 0 Å². The van der Waals surface area contributed by atoms with Gasteiger partial charge in [0.1, 0.15) is 0 Å². The van der Waals surface area contributed by atoms with Gasteiger partial charge in [0.05, 0.1) is 0 Å². The number of hydrogen-bond acceptors (Lipinski definition) is 2. The number of rotatable bonds is 2. The lowest BCUT2D eigenvalue weighted by Crippen LogP contribution is -2.08. The van der Waals surface area contributed by atoms with Crippen LogP contribution >= 0.6 is 0 Å². The highest BCUT2D eigenvalue weighted by molar-refractivity contribution is 6.05. The molecule has 0 aromatic heterocycles. The minimum atomic E-state index is 0. The van der Waals surface area contributed by atoms with Crippen molar-refractivity contribution in [3.63, 3.8) is 0 Å². The van der Waals surface area contributed by atoms with Crippen molar-refractivity contribution in [2.24, 2.45) is 9.98 Å². The van der Waals surface area contributed by atoms with Crippen LogP contribution in [0.1, 0.15) is 96.9 Å². The molecule has 1 aliphatic heterocycles. The van der Waals surface area contributed by atoms with Crippen LogP contribution in [0.25, 0.3) is 0 Å². The summed E-state index contributed by atoms with van der Waals surface area (Å²) in [5, 5.41) is 0. The van der Waals surface area contributed by atoms with E-state index in [1.165, 1.54) is 11.1 Å². The third-order valence-corrected chi connectivity index (χ3v) is 3.23. The van der Waals surface area contributed by atoms with Gasteiger partial charge in [0.15, 0.2) is 0 Å². The van der Waals surface area contributed by atoms with E-state index in [2.05, 4.69) is 41.5 Å². The van der Waals surface area contributed by atoms with Gasteiger partial charge < -0.3 is 0 Å². The Morgan fingerprint density at radius 3 is 1.00 bits per heavy atom. The van der Waals surface area contributed by atoms with E-state index in [4.69, 9.17) is 9.98 Å². The van der Waals surface area contributed by atoms with Gasteiger partial charge in [-0.1, -0.05) is 56.4 Å². The summed E-state index contributed by atoms with van der Waals surface area (Å²) in [5.41, 5.74) is 6.97. The zero-order valence-corrected chi connectivity index (χ0v) is 15.3. The zero-order valence-electron chi connectivity index (χ0n) is 15.3. The minimum absolute atomic E-state index is 0. The number of nitrogens with zero attached hydrogens (tertiary/aromatic N) is 2. The summed E-state index contributed by atoms with van der Waals surface area (Å²) in [7, 11) is 0. The lowest BCUT2D eigenvalue weighted by Gasteiger charge is -2.14. The second-order valence-corrected chi connectivity index (χ2v) is 4.24. The van der Waals surface area contributed by atoms with E-state index in [9.17, 15) is 0 Å². The molecule has 0 aliphatic carbocycles. The maximum atomic E-state index is 4.72. The third-order valence-electron chi connectivity index (χ3n) is 3.23.